The molecule has 1 aromatic heterocycles. The third kappa shape index (κ3) is 3.24. The second-order valence-corrected chi connectivity index (χ2v) is 4.98. The van der Waals surface area contributed by atoms with Crippen LogP contribution in [0.1, 0.15) is 23.3 Å². The van der Waals surface area contributed by atoms with Crippen molar-refractivity contribution < 1.29 is 14.3 Å². The van der Waals surface area contributed by atoms with Crippen LogP contribution in [0.25, 0.3) is 0 Å². The maximum absolute atomic E-state index is 11.6. The van der Waals surface area contributed by atoms with Gasteiger partial charge in [-0.3, -0.25) is 4.79 Å². The molecular formula is C14H20N4O3. The van der Waals surface area contributed by atoms with Gasteiger partial charge in [-0.15, -0.1) is 0 Å². The Morgan fingerprint density at radius 3 is 2.62 bits per heavy atom. The molecule has 2 heterocycles. The molecule has 114 valence electrons. The van der Waals surface area contributed by atoms with Crippen LogP contribution >= 0.6 is 0 Å². The lowest BCUT2D eigenvalue weighted by atomic mass is 9.96. The maximum atomic E-state index is 11.6. The van der Waals surface area contributed by atoms with Crippen molar-refractivity contribution in [3.05, 3.63) is 17.8 Å². The molecule has 1 aliphatic heterocycles. The summed E-state index contributed by atoms with van der Waals surface area (Å²) >= 11 is 0. The highest BCUT2D eigenvalue weighted by atomic mass is 16.5. The van der Waals surface area contributed by atoms with E-state index in [1.807, 2.05) is 4.90 Å². The highest BCUT2D eigenvalue weighted by molar-refractivity contribution is 5.88. The number of ether oxygens (including phenoxy) is 1. The fourth-order valence-electron chi connectivity index (χ4n) is 2.49. The molecule has 0 aromatic carbocycles. The van der Waals surface area contributed by atoms with Gasteiger partial charge in [0.25, 0.3) is 0 Å². The molecule has 0 aliphatic carbocycles. The number of nitrogen functional groups attached to an aromatic ring is 1. The molecule has 0 radical (unpaired) electrons. The van der Waals surface area contributed by atoms with Crippen LogP contribution in [0.2, 0.25) is 0 Å². The number of piperidine rings is 1. The second-order valence-electron chi connectivity index (χ2n) is 4.98. The van der Waals surface area contributed by atoms with Crippen LogP contribution in [0.15, 0.2) is 12.1 Å². The van der Waals surface area contributed by atoms with Gasteiger partial charge in [0, 0.05) is 26.1 Å². The van der Waals surface area contributed by atoms with Gasteiger partial charge in [0.1, 0.15) is 0 Å². The minimum Gasteiger partial charge on any atom is -0.464 e. The van der Waals surface area contributed by atoms with E-state index in [4.69, 9.17) is 5.73 Å². The van der Waals surface area contributed by atoms with E-state index in [9.17, 15) is 9.59 Å². The van der Waals surface area contributed by atoms with Crippen LogP contribution in [-0.2, 0) is 9.53 Å². The number of carbonyl (C=O) groups excluding carboxylic acids is 2. The number of aromatic nitrogens is 1. The first-order valence-electron chi connectivity index (χ1n) is 6.88. The molecule has 0 saturated carbocycles. The van der Waals surface area contributed by atoms with Crippen molar-refractivity contribution in [1.29, 1.82) is 0 Å². The highest BCUT2D eigenvalue weighted by Gasteiger charge is 2.26. The van der Waals surface area contributed by atoms with E-state index in [0.29, 0.717) is 24.6 Å². The number of esters is 1. The lowest BCUT2D eigenvalue weighted by Gasteiger charge is -2.32. The number of methoxy groups -OCH3 is 1. The van der Waals surface area contributed by atoms with Crippen molar-refractivity contribution in [2.24, 2.45) is 5.92 Å². The van der Waals surface area contributed by atoms with Gasteiger partial charge in [-0.25, -0.2) is 9.78 Å². The summed E-state index contributed by atoms with van der Waals surface area (Å²) in [7, 11) is 2.96. The van der Waals surface area contributed by atoms with Crippen molar-refractivity contribution in [1.82, 2.24) is 10.3 Å². The minimum atomic E-state index is -0.489. The SMILES string of the molecule is CNC(=O)C1CCN(c2nc(C(=O)OC)ccc2N)CC1. The zero-order valence-corrected chi connectivity index (χ0v) is 12.3. The number of anilines is 2. The predicted octanol–water partition coefficient (Wildman–Crippen LogP) is 0.413. The minimum absolute atomic E-state index is 0.0243. The van der Waals surface area contributed by atoms with Gasteiger partial charge in [0.15, 0.2) is 11.5 Å². The van der Waals surface area contributed by atoms with Crippen molar-refractivity contribution in [2.45, 2.75) is 12.8 Å². The Labute approximate surface area is 123 Å². The normalized spacial score (nSPS) is 15.6. The smallest absolute Gasteiger partial charge is 0.356 e. The number of nitrogens with two attached hydrogens (primary N) is 1. The number of amides is 1. The molecule has 21 heavy (non-hydrogen) atoms. The zero-order chi connectivity index (χ0) is 15.4. The molecule has 0 unspecified atom stereocenters. The Hall–Kier alpha value is -2.31. The average molecular weight is 292 g/mol. The van der Waals surface area contributed by atoms with Crippen molar-refractivity contribution in [3.8, 4) is 0 Å². The molecule has 7 heteroatoms. The third-order valence-corrected chi connectivity index (χ3v) is 3.71. The van der Waals surface area contributed by atoms with Crippen LogP contribution in [0.3, 0.4) is 0 Å². The van der Waals surface area contributed by atoms with E-state index in [2.05, 4.69) is 15.0 Å². The number of nitrogens with zero attached hydrogens (tertiary/aromatic N) is 2. The third-order valence-electron chi connectivity index (χ3n) is 3.71. The van der Waals surface area contributed by atoms with Gasteiger partial charge in [0.2, 0.25) is 5.91 Å². The van der Waals surface area contributed by atoms with Gasteiger partial charge in [-0.05, 0) is 25.0 Å². The predicted molar refractivity (Wildman–Crippen MR) is 79.0 cm³/mol. The summed E-state index contributed by atoms with van der Waals surface area (Å²) in [5.74, 6) is 0.180. The topological polar surface area (TPSA) is 97.5 Å². The lowest BCUT2D eigenvalue weighted by molar-refractivity contribution is -0.125. The van der Waals surface area contributed by atoms with Crippen molar-refractivity contribution in [3.63, 3.8) is 0 Å². The molecule has 1 amide bonds. The molecule has 3 N–H and O–H groups in total. The van der Waals surface area contributed by atoms with Crippen molar-refractivity contribution >= 4 is 23.4 Å². The number of hydrogen-bond donors (Lipinski definition) is 2. The molecule has 1 saturated heterocycles. The molecule has 1 aromatic rings. The maximum Gasteiger partial charge on any atom is 0.356 e. The molecule has 1 aliphatic rings. The summed E-state index contributed by atoms with van der Waals surface area (Å²) in [5, 5.41) is 2.67. The molecule has 1 fully saturated rings. The number of carbonyl (C=O) groups is 2. The van der Waals surface area contributed by atoms with E-state index in [1.54, 1.807) is 19.2 Å². The van der Waals surface area contributed by atoms with E-state index in [0.717, 1.165) is 12.8 Å². The number of rotatable bonds is 3. The van der Waals surface area contributed by atoms with E-state index in [1.165, 1.54) is 7.11 Å². The molecule has 2 rings (SSSR count). The zero-order valence-electron chi connectivity index (χ0n) is 12.3. The van der Waals surface area contributed by atoms with Crippen LogP contribution in [0.4, 0.5) is 11.5 Å². The average Bonchev–Trinajstić information content (AvgIpc) is 2.54. The number of nitrogens with one attached hydrogen (secondary N) is 1. The Balaban J connectivity index is 2.12. The fraction of sp³-hybridized carbons (Fsp3) is 0.500. The molecule has 0 spiro atoms. The molecule has 0 bridgehead atoms. The van der Waals surface area contributed by atoms with Gasteiger partial charge in [0.05, 0.1) is 12.8 Å². The first-order valence-corrected chi connectivity index (χ1v) is 6.88. The first kappa shape index (κ1) is 15.1. The highest BCUT2D eigenvalue weighted by Crippen LogP contribution is 2.26. The first-order chi connectivity index (χ1) is 10.1. The van der Waals surface area contributed by atoms with Gasteiger partial charge >= 0.3 is 5.97 Å². The quantitative estimate of drug-likeness (QED) is 0.783. The van der Waals surface area contributed by atoms with Crippen LogP contribution in [0.5, 0.6) is 0 Å². The lowest BCUT2D eigenvalue weighted by Crippen LogP contribution is -2.40. The monoisotopic (exact) mass is 292 g/mol. The van der Waals surface area contributed by atoms with Crippen LogP contribution in [-0.4, -0.2) is 44.1 Å². The molecule has 0 atom stereocenters. The largest absolute Gasteiger partial charge is 0.464 e. The second kappa shape index (κ2) is 6.43. The van der Waals surface area contributed by atoms with Crippen molar-refractivity contribution in [2.75, 3.05) is 37.9 Å². The van der Waals surface area contributed by atoms with Gasteiger partial charge in [-0.1, -0.05) is 0 Å². The van der Waals surface area contributed by atoms with E-state index < -0.39 is 5.97 Å². The summed E-state index contributed by atoms with van der Waals surface area (Å²) < 4.78 is 4.67. The Kier molecular flexibility index (Phi) is 4.62. The molecular weight excluding hydrogens is 272 g/mol. The standard InChI is InChI=1S/C14H20N4O3/c1-16-13(19)9-5-7-18(8-6-9)12-10(15)3-4-11(17-12)14(20)21-2/h3-4,9H,5-8,15H2,1-2H3,(H,16,19). The summed E-state index contributed by atoms with van der Waals surface area (Å²) in [4.78, 5) is 29.5. The summed E-state index contributed by atoms with van der Waals surface area (Å²) in [6.07, 6.45) is 1.48. The fourth-order valence-corrected chi connectivity index (χ4v) is 2.49. The van der Waals surface area contributed by atoms with E-state index >= 15 is 0 Å². The Bertz CT molecular complexity index is 539. The summed E-state index contributed by atoms with van der Waals surface area (Å²) in [5.41, 5.74) is 6.69. The summed E-state index contributed by atoms with van der Waals surface area (Å²) in [6.45, 7) is 1.36. The Morgan fingerprint density at radius 1 is 1.38 bits per heavy atom. The molecule has 7 nitrogen and oxygen atoms in total. The van der Waals surface area contributed by atoms with Crippen LogP contribution < -0.4 is 16.0 Å². The number of hydrogen-bond acceptors (Lipinski definition) is 6. The Morgan fingerprint density at radius 2 is 2.05 bits per heavy atom. The van der Waals surface area contributed by atoms with E-state index in [-0.39, 0.29) is 17.5 Å². The van der Waals surface area contributed by atoms with Gasteiger partial charge < -0.3 is 20.7 Å². The van der Waals surface area contributed by atoms with Gasteiger partial charge in [-0.2, -0.15) is 0 Å². The number of pyridine rings is 1. The van der Waals surface area contributed by atoms with Crippen LogP contribution in [0, 0.1) is 5.92 Å². The summed E-state index contributed by atoms with van der Waals surface area (Å²) in [6, 6.07) is 3.20.